The second-order valence-electron chi connectivity index (χ2n) is 5.23. The van der Waals surface area contributed by atoms with Crippen LogP contribution in [0.1, 0.15) is 33.6 Å². The molecule has 1 aliphatic rings. The van der Waals surface area contributed by atoms with E-state index in [1.165, 1.54) is 0 Å². The van der Waals surface area contributed by atoms with Gasteiger partial charge >= 0.3 is 0 Å². The molecule has 19 heavy (non-hydrogen) atoms. The van der Waals surface area contributed by atoms with Gasteiger partial charge in [-0.3, -0.25) is 14.4 Å². The summed E-state index contributed by atoms with van der Waals surface area (Å²) in [6.45, 7) is 5.45. The van der Waals surface area contributed by atoms with Gasteiger partial charge in [0.25, 0.3) is 0 Å². The van der Waals surface area contributed by atoms with Crippen LogP contribution in [-0.2, 0) is 19.1 Å². The number of carbonyl (C=O) groups is 3. The summed E-state index contributed by atoms with van der Waals surface area (Å²) in [6, 6.07) is -0.545. The van der Waals surface area contributed by atoms with Crippen molar-refractivity contribution in [2.24, 2.45) is 17.6 Å². The first-order valence-corrected chi connectivity index (χ1v) is 6.56. The number of primary amides is 1. The van der Waals surface area contributed by atoms with Crippen LogP contribution in [-0.4, -0.2) is 36.4 Å². The number of hydrogen-bond donors (Lipinski definition) is 2. The highest BCUT2D eigenvalue weighted by molar-refractivity contribution is 5.91. The normalized spacial score (nSPS) is 25.9. The highest BCUT2D eigenvalue weighted by Crippen LogP contribution is 2.17. The van der Waals surface area contributed by atoms with E-state index in [9.17, 15) is 14.4 Å². The lowest BCUT2D eigenvalue weighted by Crippen LogP contribution is -2.43. The number of amides is 2. The van der Waals surface area contributed by atoms with E-state index in [0.29, 0.717) is 6.42 Å². The number of hydrogen-bond acceptors (Lipinski definition) is 4. The Morgan fingerprint density at radius 3 is 2.58 bits per heavy atom. The highest BCUT2D eigenvalue weighted by atomic mass is 16.5. The zero-order chi connectivity index (χ0) is 14.6. The average molecular weight is 270 g/mol. The quantitative estimate of drug-likeness (QED) is 0.709. The Balaban J connectivity index is 2.36. The van der Waals surface area contributed by atoms with Crippen molar-refractivity contribution >= 4 is 17.6 Å². The zero-order valence-corrected chi connectivity index (χ0v) is 11.6. The van der Waals surface area contributed by atoms with Gasteiger partial charge in [-0.1, -0.05) is 13.8 Å². The standard InChI is InChI=1S/C13H22N2O4/c1-7(8(2)13(14)18)4-5-11(17)15-12-9(3)19-6-10(12)16/h7-9,12H,4-6H2,1-3H3,(H2,14,18)(H,15,17)/t7-,8?,9-,12-/m0/s1. The van der Waals surface area contributed by atoms with Crippen LogP contribution in [0.15, 0.2) is 0 Å². The van der Waals surface area contributed by atoms with Crippen LogP contribution in [0.5, 0.6) is 0 Å². The summed E-state index contributed by atoms with van der Waals surface area (Å²) in [4.78, 5) is 34.2. The Morgan fingerprint density at radius 2 is 2.11 bits per heavy atom. The first-order chi connectivity index (χ1) is 8.82. The topological polar surface area (TPSA) is 98.5 Å². The van der Waals surface area contributed by atoms with Crippen LogP contribution in [0.3, 0.4) is 0 Å². The molecule has 2 amide bonds. The van der Waals surface area contributed by atoms with E-state index < -0.39 is 6.04 Å². The second kappa shape index (κ2) is 6.65. The molecule has 0 radical (unpaired) electrons. The third-order valence-corrected chi connectivity index (χ3v) is 3.75. The summed E-state index contributed by atoms with van der Waals surface area (Å²) in [6.07, 6.45) is 0.555. The number of Topliss-reactive ketones (excluding diaryl/α,β-unsaturated/α-hetero) is 1. The van der Waals surface area contributed by atoms with E-state index in [1.54, 1.807) is 13.8 Å². The molecule has 0 aromatic rings. The van der Waals surface area contributed by atoms with Gasteiger partial charge in [-0.25, -0.2) is 0 Å². The summed E-state index contributed by atoms with van der Waals surface area (Å²) in [5, 5.41) is 2.67. The maximum Gasteiger partial charge on any atom is 0.220 e. The molecular formula is C13H22N2O4. The Bertz CT molecular complexity index is 370. The van der Waals surface area contributed by atoms with Crippen LogP contribution in [0.4, 0.5) is 0 Å². The predicted octanol–water partition coefficient (Wildman–Crippen LogP) is -0.00330. The Hall–Kier alpha value is -1.43. The molecular weight excluding hydrogens is 248 g/mol. The minimum Gasteiger partial charge on any atom is -0.369 e. The molecule has 0 aliphatic carbocycles. The Kier molecular flexibility index (Phi) is 5.47. The fourth-order valence-corrected chi connectivity index (χ4v) is 1.99. The zero-order valence-electron chi connectivity index (χ0n) is 11.6. The second-order valence-corrected chi connectivity index (χ2v) is 5.23. The van der Waals surface area contributed by atoms with Crippen molar-refractivity contribution in [3.05, 3.63) is 0 Å². The smallest absolute Gasteiger partial charge is 0.220 e. The van der Waals surface area contributed by atoms with Crippen molar-refractivity contribution in [3.63, 3.8) is 0 Å². The van der Waals surface area contributed by atoms with E-state index >= 15 is 0 Å². The molecule has 1 heterocycles. The van der Waals surface area contributed by atoms with Crippen molar-refractivity contribution in [2.75, 3.05) is 6.61 Å². The lowest BCUT2D eigenvalue weighted by molar-refractivity contribution is -0.127. The number of ketones is 1. The van der Waals surface area contributed by atoms with Gasteiger partial charge < -0.3 is 15.8 Å². The van der Waals surface area contributed by atoms with Crippen LogP contribution in [0, 0.1) is 11.8 Å². The number of ether oxygens (including phenoxy) is 1. The van der Waals surface area contributed by atoms with E-state index in [2.05, 4.69) is 5.32 Å². The molecule has 108 valence electrons. The number of carbonyl (C=O) groups excluding carboxylic acids is 3. The van der Waals surface area contributed by atoms with Crippen LogP contribution < -0.4 is 11.1 Å². The minimum atomic E-state index is -0.545. The van der Waals surface area contributed by atoms with Gasteiger partial charge in [-0.05, 0) is 19.3 Å². The molecule has 1 aliphatic heterocycles. The fraction of sp³-hybridized carbons (Fsp3) is 0.769. The van der Waals surface area contributed by atoms with Crippen molar-refractivity contribution in [2.45, 2.75) is 45.8 Å². The average Bonchev–Trinajstić information content (AvgIpc) is 2.66. The first kappa shape index (κ1) is 15.6. The monoisotopic (exact) mass is 270 g/mol. The van der Waals surface area contributed by atoms with Gasteiger partial charge in [-0.2, -0.15) is 0 Å². The highest BCUT2D eigenvalue weighted by Gasteiger charge is 2.33. The largest absolute Gasteiger partial charge is 0.369 e. The van der Waals surface area contributed by atoms with Gasteiger partial charge in [0, 0.05) is 12.3 Å². The van der Waals surface area contributed by atoms with E-state index in [4.69, 9.17) is 10.5 Å². The Labute approximate surface area is 113 Å². The molecule has 6 nitrogen and oxygen atoms in total. The summed E-state index contributed by atoms with van der Waals surface area (Å²) in [7, 11) is 0. The first-order valence-electron chi connectivity index (χ1n) is 6.56. The summed E-state index contributed by atoms with van der Waals surface area (Å²) < 4.78 is 5.15. The van der Waals surface area contributed by atoms with Crippen LogP contribution in [0.2, 0.25) is 0 Å². The minimum absolute atomic E-state index is 0.0382. The SMILES string of the molecule is CC(C(N)=O)[C@@H](C)CCC(=O)N[C@@H]1C(=O)CO[C@H]1C. The predicted molar refractivity (Wildman–Crippen MR) is 69.1 cm³/mol. The van der Waals surface area contributed by atoms with Crippen molar-refractivity contribution in [1.29, 1.82) is 0 Å². The molecule has 0 spiro atoms. The maximum atomic E-state index is 11.8. The summed E-state index contributed by atoms with van der Waals surface area (Å²) >= 11 is 0. The molecule has 0 saturated carbocycles. The van der Waals surface area contributed by atoms with E-state index in [-0.39, 0.29) is 48.6 Å². The molecule has 1 saturated heterocycles. The molecule has 3 N–H and O–H groups in total. The Morgan fingerprint density at radius 1 is 1.47 bits per heavy atom. The van der Waals surface area contributed by atoms with E-state index in [0.717, 1.165) is 0 Å². The van der Waals surface area contributed by atoms with Crippen molar-refractivity contribution in [3.8, 4) is 0 Å². The van der Waals surface area contributed by atoms with Gasteiger partial charge in [0.1, 0.15) is 12.6 Å². The van der Waals surface area contributed by atoms with Crippen LogP contribution in [0.25, 0.3) is 0 Å². The number of nitrogens with two attached hydrogens (primary N) is 1. The molecule has 1 rings (SSSR count). The molecule has 0 aromatic carbocycles. The molecule has 1 fully saturated rings. The van der Waals surface area contributed by atoms with Crippen molar-refractivity contribution < 1.29 is 19.1 Å². The number of nitrogens with one attached hydrogen (secondary N) is 1. The lowest BCUT2D eigenvalue weighted by Gasteiger charge is -2.18. The van der Waals surface area contributed by atoms with Crippen molar-refractivity contribution in [1.82, 2.24) is 5.32 Å². The molecule has 1 unspecified atom stereocenters. The maximum absolute atomic E-state index is 11.8. The lowest BCUT2D eigenvalue weighted by atomic mass is 9.91. The third-order valence-electron chi connectivity index (χ3n) is 3.75. The molecule has 0 aromatic heterocycles. The fourth-order valence-electron chi connectivity index (χ4n) is 1.99. The molecule has 0 bridgehead atoms. The summed E-state index contributed by atoms with van der Waals surface area (Å²) in [5.74, 6) is -0.876. The summed E-state index contributed by atoms with van der Waals surface area (Å²) in [5.41, 5.74) is 5.21. The molecule has 6 heteroatoms. The van der Waals surface area contributed by atoms with Gasteiger partial charge in [-0.15, -0.1) is 0 Å². The third kappa shape index (κ3) is 4.31. The van der Waals surface area contributed by atoms with Crippen LogP contribution >= 0.6 is 0 Å². The van der Waals surface area contributed by atoms with Gasteiger partial charge in [0.15, 0.2) is 5.78 Å². The molecule has 4 atom stereocenters. The van der Waals surface area contributed by atoms with Gasteiger partial charge in [0.2, 0.25) is 11.8 Å². The van der Waals surface area contributed by atoms with E-state index in [1.807, 2.05) is 6.92 Å². The van der Waals surface area contributed by atoms with Gasteiger partial charge in [0.05, 0.1) is 6.10 Å². The number of rotatable bonds is 6.